The van der Waals surface area contributed by atoms with Crippen LogP contribution in [0, 0.1) is 0 Å². The van der Waals surface area contributed by atoms with E-state index in [2.05, 4.69) is 60.7 Å². The van der Waals surface area contributed by atoms with E-state index in [1.54, 1.807) is 6.20 Å². The number of nitrogens with zero attached hydrogens (tertiary/aromatic N) is 2. The maximum Gasteiger partial charge on any atom is 0.0914 e. The summed E-state index contributed by atoms with van der Waals surface area (Å²) in [5, 5.41) is 0.651. The molecule has 0 fully saturated rings. The molecular formula is C23H13ClN2. The van der Waals surface area contributed by atoms with E-state index in [-0.39, 0.29) is 0 Å². The molecule has 4 aromatic rings. The molecule has 122 valence electrons. The minimum absolute atomic E-state index is 0.447. The Morgan fingerprint density at radius 2 is 1.35 bits per heavy atom. The molecule has 3 heteroatoms. The zero-order valence-electron chi connectivity index (χ0n) is 13.8. The fourth-order valence-electron chi connectivity index (χ4n) is 4.74. The molecule has 0 unspecified atom stereocenters. The van der Waals surface area contributed by atoms with Gasteiger partial charge in [-0.15, -0.1) is 0 Å². The van der Waals surface area contributed by atoms with E-state index in [9.17, 15) is 0 Å². The molecule has 6 rings (SSSR count). The standard InChI is InChI=1S/C23H13ClN2/c24-14-12-20-21(26-13-14)17-8-5-11-25-22(17)23(20)18-9-3-1-6-15(18)16-7-2-4-10-19(16)23/h1-13H. The van der Waals surface area contributed by atoms with Crippen molar-refractivity contribution in [3.8, 4) is 22.4 Å². The second-order valence-corrected chi connectivity index (χ2v) is 7.23. The van der Waals surface area contributed by atoms with Crippen LogP contribution in [-0.4, -0.2) is 9.97 Å². The number of aromatic nitrogens is 2. The predicted octanol–water partition coefficient (Wildman–Crippen LogP) is 5.47. The van der Waals surface area contributed by atoms with Crippen molar-refractivity contribution in [1.82, 2.24) is 9.97 Å². The third-order valence-corrected chi connectivity index (χ3v) is 5.84. The molecule has 0 amide bonds. The first-order valence-electron chi connectivity index (χ1n) is 8.63. The first-order chi connectivity index (χ1) is 12.8. The molecule has 2 heterocycles. The van der Waals surface area contributed by atoms with Crippen molar-refractivity contribution >= 4 is 11.6 Å². The maximum atomic E-state index is 6.40. The summed E-state index contributed by atoms with van der Waals surface area (Å²) in [6.07, 6.45) is 3.60. The van der Waals surface area contributed by atoms with Crippen LogP contribution in [-0.2, 0) is 5.41 Å². The highest BCUT2D eigenvalue weighted by molar-refractivity contribution is 6.30. The number of halogens is 1. The van der Waals surface area contributed by atoms with E-state index in [1.165, 1.54) is 22.3 Å². The maximum absolute atomic E-state index is 6.40. The van der Waals surface area contributed by atoms with Gasteiger partial charge in [-0.2, -0.15) is 0 Å². The Kier molecular flexibility index (Phi) is 2.63. The third-order valence-electron chi connectivity index (χ3n) is 5.63. The summed E-state index contributed by atoms with van der Waals surface area (Å²) in [4.78, 5) is 9.55. The van der Waals surface area contributed by atoms with E-state index in [0.717, 1.165) is 22.5 Å². The molecule has 1 spiro atoms. The van der Waals surface area contributed by atoms with Gasteiger partial charge in [-0.05, 0) is 40.5 Å². The number of hydrogen-bond donors (Lipinski definition) is 0. The minimum Gasteiger partial charge on any atom is -0.259 e. The Bertz CT molecular complexity index is 1150. The van der Waals surface area contributed by atoms with Crippen LogP contribution in [0.4, 0.5) is 0 Å². The Morgan fingerprint density at radius 1 is 0.692 bits per heavy atom. The molecule has 0 bridgehead atoms. The smallest absolute Gasteiger partial charge is 0.0914 e. The van der Waals surface area contributed by atoms with Gasteiger partial charge in [-0.3, -0.25) is 9.97 Å². The Balaban J connectivity index is 1.88. The van der Waals surface area contributed by atoms with Gasteiger partial charge in [0.15, 0.2) is 0 Å². The highest BCUT2D eigenvalue weighted by atomic mass is 35.5. The Labute approximate surface area is 156 Å². The molecule has 2 aromatic heterocycles. The molecular weight excluding hydrogens is 340 g/mol. The molecule has 26 heavy (non-hydrogen) atoms. The van der Waals surface area contributed by atoms with E-state index < -0.39 is 5.41 Å². The van der Waals surface area contributed by atoms with Gasteiger partial charge in [-0.1, -0.05) is 60.1 Å². The molecule has 0 N–H and O–H groups in total. The van der Waals surface area contributed by atoms with Crippen molar-refractivity contribution in [3.05, 3.63) is 107 Å². The summed E-state index contributed by atoms with van der Waals surface area (Å²) >= 11 is 6.40. The Morgan fingerprint density at radius 3 is 2.08 bits per heavy atom. The van der Waals surface area contributed by atoms with Crippen molar-refractivity contribution in [1.29, 1.82) is 0 Å². The van der Waals surface area contributed by atoms with Gasteiger partial charge in [0.05, 0.1) is 21.8 Å². The summed E-state index contributed by atoms with van der Waals surface area (Å²) in [7, 11) is 0. The number of fused-ring (bicyclic) bond motifs is 10. The second-order valence-electron chi connectivity index (χ2n) is 6.79. The summed E-state index contributed by atoms with van der Waals surface area (Å²) < 4.78 is 0. The monoisotopic (exact) mass is 352 g/mol. The van der Waals surface area contributed by atoms with Crippen LogP contribution in [0.2, 0.25) is 5.02 Å². The van der Waals surface area contributed by atoms with E-state index in [4.69, 9.17) is 21.6 Å². The topological polar surface area (TPSA) is 25.8 Å². The summed E-state index contributed by atoms with van der Waals surface area (Å²) in [5.41, 5.74) is 8.80. The van der Waals surface area contributed by atoms with Crippen LogP contribution < -0.4 is 0 Å². The zero-order chi connectivity index (χ0) is 17.3. The predicted molar refractivity (Wildman–Crippen MR) is 103 cm³/mol. The summed E-state index contributed by atoms with van der Waals surface area (Å²) in [6.45, 7) is 0. The average molecular weight is 353 g/mol. The molecule has 0 saturated carbocycles. The van der Waals surface area contributed by atoms with Crippen molar-refractivity contribution in [2.24, 2.45) is 0 Å². The Hall–Kier alpha value is -2.97. The van der Waals surface area contributed by atoms with Gasteiger partial charge in [0.1, 0.15) is 0 Å². The van der Waals surface area contributed by atoms with Crippen LogP contribution in [0.5, 0.6) is 0 Å². The van der Waals surface area contributed by atoms with Gasteiger partial charge in [-0.25, -0.2) is 0 Å². The lowest BCUT2D eigenvalue weighted by molar-refractivity contribution is 0.759. The lowest BCUT2D eigenvalue weighted by Crippen LogP contribution is -2.27. The van der Waals surface area contributed by atoms with Crippen molar-refractivity contribution < 1.29 is 0 Å². The van der Waals surface area contributed by atoms with E-state index in [1.807, 2.05) is 12.3 Å². The SMILES string of the molecule is Clc1cnc2c(c1)C1(c3ccccc3-c3ccccc31)c1ncccc1-2. The first kappa shape index (κ1) is 14.2. The van der Waals surface area contributed by atoms with E-state index in [0.29, 0.717) is 5.02 Å². The summed E-state index contributed by atoms with van der Waals surface area (Å²) in [6, 6.07) is 23.4. The number of rotatable bonds is 0. The van der Waals surface area contributed by atoms with Gasteiger partial charge in [0.25, 0.3) is 0 Å². The largest absolute Gasteiger partial charge is 0.259 e. The molecule has 2 aliphatic carbocycles. The zero-order valence-corrected chi connectivity index (χ0v) is 14.5. The van der Waals surface area contributed by atoms with Crippen molar-refractivity contribution in [2.75, 3.05) is 0 Å². The van der Waals surface area contributed by atoms with Crippen molar-refractivity contribution in [3.63, 3.8) is 0 Å². The first-order valence-corrected chi connectivity index (χ1v) is 9.01. The summed E-state index contributed by atoms with van der Waals surface area (Å²) in [5.74, 6) is 0. The van der Waals surface area contributed by atoms with E-state index >= 15 is 0 Å². The van der Waals surface area contributed by atoms with Crippen LogP contribution in [0.15, 0.2) is 79.1 Å². The second kappa shape index (κ2) is 4.80. The normalized spacial score (nSPS) is 14.7. The van der Waals surface area contributed by atoms with Crippen LogP contribution >= 0.6 is 11.6 Å². The molecule has 0 saturated heterocycles. The van der Waals surface area contributed by atoms with Crippen LogP contribution in [0.3, 0.4) is 0 Å². The van der Waals surface area contributed by atoms with Crippen LogP contribution in [0.1, 0.15) is 22.4 Å². The fourth-order valence-corrected chi connectivity index (χ4v) is 4.90. The average Bonchev–Trinajstić information content (AvgIpc) is 3.15. The minimum atomic E-state index is -0.447. The molecule has 0 aliphatic heterocycles. The lowest BCUT2D eigenvalue weighted by Gasteiger charge is -2.28. The van der Waals surface area contributed by atoms with Gasteiger partial charge in [0, 0.05) is 23.5 Å². The number of benzene rings is 2. The number of hydrogen-bond acceptors (Lipinski definition) is 2. The highest BCUT2D eigenvalue weighted by Crippen LogP contribution is 2.61. The number of pyridine rings is 2. The third kappa shape index (κ3) is 1.50. The van der Waals surface area contributed by atoms with Gasteiger partial charge in [0.2, 0.25) is 0 Å². The molecule has 0 radical (unpaired) electrons. The van der Waals surface area contributed by atoms with Gasteiger partial charge >= 0.3 is 0 Å². The van der Waals surface area contributed by atoms with Crippen LogP contribution in [0.25, 0.3) is 22.4 Å². The van der Waals surface area contributed by atoms with Gasteiger partial charge < -0.3 is 0 Å². The highest BCUT2D eigenvalue weighted by Gasteiger charge is 2.53. The fraction of sp³-hybridized carbons (Fsp3) is 0.0435. The lowest BCUT2D eigenvalue weighted by atomic mass is 9.73. The molecule has 0 atom stereocenters. The molecule has 2 aromatic carbocycles. The quantitative estimate of drug-likeness (QED) is 0.362. The molecule has 2 aliphatic rings. The van der Waals surface area contributed by atoms with Crippen molar-refractivity contribution in [2.45, 2.75) is 5.41 Å². The molecule has 2 nitrogen and oxygen atoms in total.